The monoisotopic (exact) mass is 637 g/mol. The lowest BCUT2D eigenvalue weighted by atomic mass is 10.1. The zero-order valence-corrected chi connectivity index (χ0v) is 26.0. The summed E-state index contributed by atoms with van der Waals surface area (Å²) in [5.74, 6) is -0.659. The fourth-order valence-corrected chi connectivity index (χ4v) is 6.24. The molecule has 0 bridgehead atoms. The Bertz CT molecular complexity index is 1530. The molecule has 1 saturated carbocycles. The van der Waals surface area contributed by atoms with Crippen LogP contribution in [0.2, 0.25) is 5.02 Å². The summed E-state index contributed by atoms with van der Waals surface area (Å²) in [6, 6.07) is 1.24. The number of pyridine rings is 1. The van der Waals surface area contributed by atoms with Crippen LogP contribution >= 0.6 is 27.5 Å². The van der Waals surface area contributed by atoms with Gasteiger partial charge in [0.1, 0.15) is 22.7 Å². The van der Waals surface area contributed by atoms with Crippen molar-refractivity contribution in [1.29, 1.82) is 0 Å². The molecule has 40 heavy (non-hydrogen) atoms. The number of nitrogens with zero attached hydrogens (tertiary/aromatic N) is 3. The predicted octanol–water partition coefficient (Wildman–Crippen LogP) is 7.14. The van der Waals surface area contributed by atoms with Gasteiger partial charge in [0.25, 0.3) is 0 Å². The van der Waals surface area contributed by atoms with Crippen LogP contribution < -0.4 is 15.1 Å². The first kappa shape index (κ1) is 28.7. The average Bonchev–Trinajstić information content (AvgIpc) is 3.13. The minimum absolute atomic E-state index is 0.0153. The number of aromatic amines is 1. The van der Waals surface area contributed by atoms with E-state index in [1.54, 1.807) is 27.0 Å². The number of rotatable bonds is 3. The number of halogens is 3. The van der Waals surface area contributed by atoms with Crippen LogP contribution in [0.3, 0.4) is 0 Å². The average molecular weight is 639 g/mol. The van der Waals surface area contributed by atoms with Crippen LogP contribution in [0, 0.1) is 11.2 Å². The third kappa shape index (κ3) is 5.30. The second-order valence-electron chi connectivity index (χ2n) is 12.7. The molecule has 3 heterocycles. The largest absolute Gasteiger partial charge is 0.444 e. The van der Waals surface area contributed by atoms with E-state index in [4.69, 9.17) is 21.1 Å². The van der Waals surface area contributed by atoms with Gasteiger partial charge in [-0.25, -0.2) is 19.0 Å². The van der Waals surface area contributed by atoms with Gasteiger partial charge in [0.2, 0.25) is 0 Å². The zero-order chi connectivity index (χ0) is 29.4. The fourth-order valence-electron chi connectivity index (χ4n) is 5.44. The number of nitrogens with one attached hydrogen (secondary N) is 2. The van der Waals surface area contributed by atoms with Crippen molar-refractivity contribution in [1.82, 2.24) is 15.3 Å². The number of fused-ring (bicyclic) bond motifs is 3. The predicted molar refractivity (Wildman–Crippen MR) is 158 cm³/mol. The van der Waals surface area contributed by atoms with Crippen LogP contribution in [-0.4, -0.2) is 59.5 Å². The van der Waals surface area contributed by atoms with Crippen molar-refractivity contribution in [3.05, 3.63) is 27.6 Å². The fraction of sp³-hybridized carbons (Fsp3) is 0.536. The minimum Gasteiger partial charge on any atom is -0.444 e. The van der Waals surface area contributed by atoms with Gasteiger partial charge < -0.3 is 24.7 Å². The van der Waals surface area contributed by atoms with Crippen LogP contribution in [0.5, 0.6) is 0 Å². The quantitative estimate of drug-likeness (QED) is 0.317. The molecular formula is C28H34BrClFN5O4. The second kappa shape index (κ2) is 9.65. The maximum Gasteiger partial charge on any atom is 0.414 e. The molecule has 1 aromatic carbocycles. The minimum atomic E-state index is -0.722. The van der Waals surface area contributed by atoms with Gasteiger partial charge >= 0.3 is 12.2 Å². The first-order chi connectivity index (χ1) is 18.5. The molecule has 0 radical (unpaired) electrons. The molecule has 1 aliphatic heterocycles. The van der Waals surface area contributed by atoms with Crippen LogP contribution in [0.4, 0.5) is 25.4 Å². The highest BCUT2D eigenvalue weighted by Crippen LogP contribution is 2.55. The molecule has 9 nitrogen and oxygen atoms in total. The van der Waals surface area contributed by atoms with Crippen molar-refractivity contribution in [3.63, 3.8) is 0 Å². The molecule has 1 spiro atoms. The van der Waals surface area contributed by atoms with E-state index in [1.165, 1.54) is 18.0 Å². The van der Waals surface area contributed by atoms with Crippen LogP contribution in [0.25, 0.3) is 21.9 Å². The lowest BCUT2D eigenvalue weighted by Gasteiger charge is -2.25. The molecular weight excluding hydrogens is 605 g/mol. The van der Waals surface area contributed by atoms with E-state index >= 15 is 4.39 Å². The maximum atomic E-state index is 15.3. The van der Waals surface area contributed by atoms with E-state index in [2.05, 4.69) is 36.1 Å². The molecule has 5 rings (SSSR count). The summed E-state index contributed by atoms with van der Waals surface area (Å²) < 4.78 is 27.0. The van der Waals surface area contributed by atoms with E-state index in [1.807, 2.05) is 20.8 Å². The van der Waals surface area contributed by atoms with E-state index in [0.717, 1.165) is 29.5 Å². The number of carbonyl (C=O) groups is 2. The van der Waals surface area contributed by atoms with Crippen LogP contribution in [0.15, 0.2) is 16.7 Å². The highest BCUT2D eigenvalue weighted by Gasteiger charge is 2.58. The van der Waals surface area contributed by atoms with Crippen LogP contribution in [0.1, 0.15) is 54.4 Å². The molecule has 3 aromatic rings. The van der Waals surface area contributed by atoms with E-state index in [9.17, 15) is 9.59 Å². The van der Waals surface area contributed by atoms with Gasteiger partial charge in [0.05, 0.1) is 31.8 Å². The van der Waals surface area contributed by atoms with E-state index in [0.29, 0.717) is 28.5 Å². The molecule has 2 atom stereocenters. The Hall–Kier alpha value is -2.79. The smallest absolute Gasteiger partial charge is 0.414 e. The summed E-state index contributed by atoms with van der Waals surface area (Å²) in [5.41, 5.74) is 0.741. The maximum absolute atomic E-state index is 15.3. The number of alkyl carbamates (subject to hydrolysis) is 1. The van der Waals surface area contributed by atoms with Crippen molar-refractivity contribution in [2.45, 2.75) is 71.6 Å². The molecule has 216 valence electrons. The molecule has 2 N–H and O–H groups in total. The number of H-pyrrole nitrogens is 1. The Balaban J connectivity index is 1.52. The molecule has 2 amide bonds. The number of amides is 2. The number of hydrogen-bond acceptors (Lipinski definition) is 6. The first-order valence-electron chi connectivity index (χ1n) is 13.2. The molecule has 12 heteroatoms. The number of hydrogen-bond donors (Lipinski definition) is 2. The Morgan fingerprint density at radius 2 is 1.90 bits per heavy atom. The standard InChI is InChI=1S/C28H34BrClFN5O4/c1-26(2,3)39-24(37)33-17-11-28(17)8-9-36(13-28)22-14(29)12-32-23-19(22)18-20(30)15(31)10-16(21(18)34-23)35(7)25(38)40-27(4,5)6/h10,12,17H,8-9,11,13H2,1-7H3,(H,32,34)(H,33,37)/t17-,28?/m1/s1. The molecule has 1 unspecified atom stereocenters. The highest BCUT2D eigenvalue weighted by molar-refractivity contribution is 9.10. The number of carbonyl (C=O) groups excluding carboxylic acids is 2. The van der Waals surface area contributed by atoms with Gasteiger partial charge in [-0.2, -0.15) is 0 Å². The van der Waals surface area contributed by atoms with Gasteiger partial charge in [0, 0.05) is 49.2 Å². The molecule has 2 aliphatic rings. The topological polar surface area (TPSA) is 99.8 Å². The number of aromatic nitrogens is 2. The lowest BCUT2D eigenvalue weighted by Crippen LogP contribution is -2.36. The summed E-state index contributed by atoms with van der Waals surface area (Å²) in [4.78, 5) is 36.5. The van der Waals surface area contributed by atoms with Gasteiger partial charge in [-0.15, -0.1) is 0 Å². The molecule has 2 aromatic heterocycles. The van der Waals surface area contributed by atoms with Gasteiger partial charge in [-0.05, 0) is 70.3 Å². The summed E-state index contributed by atoms with van der Waals surface area (Å²) >= 11 is 10.3. The molecule has 2 fully saturated rings. The third-order valence-electron chi connectivity index (χ3n) is 7.31. The normalized spacial score (nSPS) is 20.9. The van der Waals surface area contributed by atoms with Gasteiger partial charge in [-0.3, -0.25) is 4.90 Å². The molecule has 1 aliphatic carbocycles. The van der Waals surface area contributed by atoms with Gasteiger partial charge in [-0.1, -0.05) is 11.6 Å². The highest BCUT2D eigenvalue weighted by atomic mass is 79.9. The van der Waals surface area contributed by atoms with Crippen LogP contribution in [-0.2, 0) is 9.47 Å². The summed E-state index contributed by atoms with van der Waals surface area (Å²) in [6.07, 6.45) is 2.38. The summed E-state index contributed by atoms with van der Waals surface area (Å²) in [7, 11) is 1.53. The van der Waals surface area contributed by atoms with E-state index in [-0.39, 0.29) is 22.2 Å². The third-order valence-corrected chi connectivity index (χ3v) is 8.26. The van der Waals surface area contributed by atoms with Crippen molar-refractivity contribution in [3.8, 4) is 0 Å². The Morgan fingerprint density at radius 1 is 1.23 bits per heavy atom. The van der Waals surface area contributed by atoms with Gasteiger partial charge in [0.15, 0.2) is 0 Å². The Morgan fingerprint density at radius 3 is 2.55 bits per heavy atom. The summed E-state index contributed by atoms with van der Waals surface area (Å²) in [5, 5.41) is 4.05. The number of anilines is 2. The number of ether oxygens (including phenoxy) is 2. The second-order valence-corrected chi connectivity index (χ2v) is 14.0. The van der Waals surface area contributed by atoms with Crippen molar-refractivity contribution < 1.29 is 23.5 Å². The van der Waals surface area contributed by atoms with Crippen molar-refractivity contribution >= 4 is 73.0 Å². The SMILES string of the molecule is CN(C(=O)OC(C)(C)C)c1cc(F)c(Cl)c2c1[nH]c1ncc(Br)c(N3CCC4(C[C@H]4NC(=O)OC(C)(C)C)C3)c12. The van der Waals surface area contributed by atoms with Crippen molar-refractivity contribution in [2.75, 3.05) is 29.9 Å². The van der Waals surface area contributed by atoms with E-state index < -0.39 is 29.2 Å². The van der Waals surface area contributed by atoms with Crippen molar-refractivity contribution in [2.24, 2.45) is 5.41 Å². The Labute approximate surface area is 245 Å². The molecule has 1 saturated heterocycles. The Kier molecular flexibility index (Phi) is 6.93. The zero-order valence-electron chi connectivity index (χ0n) is 23.7. The lowest BCUT2D eigenvalue weighted by molar-refractivity contribution is 0.0515. The summed E-state index contributed by atoms with van der Waals surface area (Å²) in [6.45, 7) is 12.2. The first-order valence-corrected chi connectivity index (χ1v) is 14.4. The number of benzene rings is 1.